The van der Waals surface area contributed by atoms with Gasteiger partial charge in [-0.15, -0.1) is 0 Å². The third-order valence-corrected chi connectivity index (χ3v) is 6.07. The lowest BCUT2D eigenvalue weighted by molar-refractivity contribution is 0.112. The molecule has 3 aliphatic rings. The Bertz CT molecular complexity index is 636. The van der Waals surface area contributed by atoms with Crippen LogP contribution >= 0.6 is 0 Å². The molecule has 3 saturated carbocycles. The van der Waals surface area contributed by atoms with Crippen LogP contribution in [0.2, 0.25) is 0 Å². The molecule has 3 heteroatoms. The molecule has 0 aliphatic heterocycles. The van der Waals surface area contributed by atoms with Crippen LogP contribution in [-0.2, 0) is 4.74 Å². The molecule has 3 fully saturated rings. The van der Waals surface area contributed by atoms with Crippen LogP contribution in [0.1, 0.15) is 48.0 Å². The van der Waals surface area contributed by atoms with Gasteiger partial charge in [-0.25, -0.2) is 0 Å². The van der Waals surface area contributed by atoms with Crippen molar-refractivity contribution in [2.75, 3.05) is 7.11 Å². The van der Waals surface area contributed by atoms with Gasteiger partial charge in [-0.1, -0.05) is 0 Å². The Morgan fingerprint density at radius 3 is 2.73 bits per heavy atom. The van der Waals surface area contributed by atoms with Gasteiger partial charge < -0.3 is 9.84 Å². The minimum Gasteiger partial charge on any atom is -0.508 e. The van der Waals surface area contributed by atoms with Gasteiger partial charge in [-0.3, -0.25) is 4.79 Å². The molecular weight excluding hydrogens is 276 g/mol. The van der Waals surface area contributed by atoms with Crippen LogP contribution in [0, 0.1) is 23.7 Å². The summed E-state index contributed by atoms with van der Waals surface area (Å²) in [5.74, 6) is 4.02. The Morgan fingerprint density at radius 1 is 1.18 bits per heavy atom. The lowest BCUT2D eigenvalue weighted by Gasteiger charge is -2.37. The molecule has 1 aromatic rings. The Labute approximate surface area is 131 Å². The van der Waals surface area contributed by atoms with Crippen molar-refractivity contribution in [2.24, 2.45) is 23.7 Å². The van der Waals surface area contributed by atoms with E-state index in [0.717, 1.165) is 29.4 Å². The molecule has 0 heterocycles. The number of carbonyl (C=O) groups excluding carboxylic acids is 1. The van der Waals surface area contributed by atoms with Gasteiger partial charge in [0.05, 0.1) is 7.11 Å². The zero-order valence-electron chi connectivity index (χ0n) is 12.9. The Kier molecular flexibility index (Phi) is 3.24. The largest absolute Gasteiger partial charge is 0.508 e. The molecule has 0 saturated heterocycles. The van der Waals surface area contributed by atoms with E-state index in [9.17, 15) is 9.90 Å². The van der Waals surface area contributed by atoms with Crippen LogP contribution in [0.3, 0.4) is 0 Å². The predicted molar refractivity (Wildman–Crippen MR) is 84.5 cm³/mol. The van der Waals surface area contributed by atoms with Gasteiger partial charge in [0, 0.05) is 11.1 Å². The lowest BCUT2D eigenvalue weighted by atomic mass is 9.69. The zero-order valence-corrected chi connectivity index (χ0v) is 12.9. The highest BCUT2D eigenvalue weighted by molar-refractivity contribution is 5.85. The quantitative estimate of drug-likeness (QED) is 0.677. The van der Waals surface area contributed by atoms with Gasteiger partial charge in [0.1, 0.15) is 11.5 Å². The summed E-state index contributed by atoms with van der Waals surface area (Å²) in [5, 5.41) is 9.84. The summed E-state index contributed by atoms with van der Waals surface area (Å²) in [5.41, 5.74) is 2.76. The highest BCUT2D eigenvalue weighted by atomic mass is 16.5. The SMILES string of the molecule is CO/C(=C1/C2CCC3CC1CC3C2)c1cc(O)ccc1C=O. The highest BCUT2D eigenvalue weighted by Gasteiger charge is 2.48. The number of phenols is 1. The normalized spacial score (nSPS) is 34.6. The average molecular weight is 298 g/mol. The minimum absolute atomic E-state index is 0.181. The van der Waals surface area contributed by atoms with Crippen molar-refractivity contribution >= 4 is 12.0 Å². The number of rotatable bonds is 3. The van der Waals surface area contributed by atoms with Crippen molar-refractivity contribution in [2.45, 2.75) is 32.1 Å². The number of allylic oxidation sites excluding steroid dienone is 1. The summed E-state index contributed by atoms with van der Waals surface area (Å²) < 4.78 is 5.78. The molecule has 116 valence electrons. The van der Waals surface area contributed by atoms with Crippen molar-refractivity contribution < 1.29 is 14.6 Å². The standard InChI is InChI=1S/C19H22O3/c1-22-19(17-9-16(21)5-4-13(17)10-20)18-12-3-2-11-6-15(18)8-14(11)7-12/h4-5,9-12,14-15,21H,2-3,6-8H2,1H3/b19-18-. The highest BCUT2D eigenvalue weighted by Crippen LogP contribution is 2.59. The van der Waals surface area contributed by atoms with Crippen LogP contribution in [0.25, 0.3) is 5.76 Å². The second-order valence-electron chi connectivity index (χ2n) is 7.08. The number of fused-ring (bicyclic) bond motifs is 2. The first-order chi connectivity index (χ1) is 10.7. The van der Waals surface area contributed by atoms with E-state index in [1.165, 1.54) is 37.7 Å². The first kappa shape index (κ1) is 13.9. The van der Waals surface area contributed by atoms with E-state index in [-0.39, 0.29) is 5.75 Å². The van der Waals surface area contributed by atoms with E-state index in [1.54, 1.807) is 25.3 Å². The maximum absolute atomic E-state index is 11.4. The third-order valence-electron chi connectivity index (χ3n) is 6.07. The number of carbonyl (C=O) groups is 1. The molecule has 3 aliphatic carbocycles. The average Bonchev–Trinajstić information content (AvgIpc) is 2.80. The summed E-state index contributed by atoms with van der Waals surface area (Å²) in [6.07, 6.45) is 7.27. The second kappa shape index (κ2) is 5.15. The number of aldehydes is 1. The number of benzene rings is 1. The molecule has 4 rings (SSSR count). The Balaban J connectivity index is 1.87. The molecule has 0 radical (unpaired) electrons. The first-order valence-corrected chi connectivity index (χ1v) is 8.28. The lowest BCUT2D eigenvalue weighted by Crippen LogP contribution is -2.26. The van der Waals surface area contributed by atoms with E-state index in [1.807, 2.05) is 0 Å². The number of phenolic OH excluding ortho intramolecular Hbond substituents is 1. The fourth-order valence-corrected chi connectivity index (χ4v) is 5.22. The van der Waals surface area contributed by atoms with Gasteiger partial charge in [0.15, 0.2) is 6.29 Å². The van der Waals surface area contributed by atoms with Crippen molar-refractivity contribution in [3.05, 3.63) is 34.9 Å². The molecule has 1 N–H and O–H groups in total. The number of aromatic hydroxyl groups is 1. The summed E-state index contributed by atoms with van der Waals surface area (Å²) in [4.78, 5) is 11.4. The van der Waals surface area contributed by atoms with Gasteiger partial charge in [0.2, 0.25) is 0 Å². The van der Waals surface area contributed by atoms with E-state index in [0.29, 0.717) is 17.4 Å². The van der Waals surface area contributed by atoms with Crippen LogP contribution in [-0.4, -0.2) is 18.5 Å². The van der Waals surface area contributed by atoms with Crippen LogP contribution in [0.15, 0.2) is 23.8 Å². The van der Waals surface area contributed by atoms with Crippen molar-refractivity contribution in [1.82, 2.24) is 0 Å². The fourth-order valence-electron chi connectivity index (χ4n) is 5.22. The molecule has 22 heavy (non-hydrogen) atoms. The molecule has 0 amide bonds. The van der Waals surface area contributed by atoms with E-state index in [4.69, 9.17) is 4.74 Å². The summed E-state index contributed by atoms with van der Waals surface area (Å²) in [6, 6.07) is 4.90. The number of hydrogen-bond acceptors (Lipinski definition) is 3. The maximum atomic E-state index is 11.4. The molecule has 4 unspecified atom stereocenters. The van der Waals surface area contributed by atoms with Crippen molar-refractivity contribution in [3.63, 3.8) is 0 Å². The van der Waals surface area contributed by atoms with E-state index < -0.39 is 0 Å². The van der Waals surface area contributed by atoms with Crippen LogP contribution in [0.4, 0.5) is 0 Å². The number of ether oxygens (including phenoxy) is 1. The van der Waals surface area contributed by atoms with E-state index in [2.05, 4.69) is 0 Å². The molecule has 4 atom stereocenters. The van der Waals surface area contributed by atoms with Gasteiger partial charge in [-0.2, -0.15) is 0 Å². The third kappa shape index (κ3) is 1.98. The molecule has 0 spiro atoms. The molecule has 3 nitrogen and oxygen atoms in total. The van der Waals surface area contributed by atoms with E-state index >= 15 is 0 Å². The van der Waals surface area contributed by atoms with Crippen molar-refractivity contribution in [1.29, 1.82) is 0 Å². The summed E-state index contributed by atoms with van der Waals surface area (Å²) in [7, 11) is 1.69. The smallest absolute Gasteiger partial charge is 0.150 e. The second-order valence-corrected chi connectivity index (χ2v) is 7.08. The number of hydrogen-bond donors (Lipinski definition) is 1. The monoisotopic (exact) mass is 298 g/mol. The Hall–Kier alpha value is -1.77. The Morgan fingerprint density at radius 2 is 1.95 bits per heavy atom. The van der Waals surface area contributed by atoms with Crippen LogP contribution < -0.4 is 0 Å². The predicted octanol–water partition coefficient (Wildman–Crippen LogP) is 4.02. The van der Waals surface area contributed by atoms with Crippen molar-refractivity contribution in [3.8, 4) is 5.75 Å². The minimum atomic E-state index is 0.181. The molecule has 0 aromatic heterocycles. The van der Waals surface area contributed by atoms with Gasteiger partial charge in [0.25, 0.3) is 0 Å². The van der Waals surface area contributed by atoms with Gasteiger partial charge >= 0.3 is 0 Å². The fraction of sp³-hybridized carbons (Fsp3) is 0.526. The van der Waals surface area contributed by atoms with Crippen LogP contribution in [0.5, 0.6) is 5.75 Å². The summed E-state index contributed by atoms with van der Waals surface area (Å²) in [6.45, 7) is 0. The first-order valence-electron chi connectivity index (χ1n) is 8.28. The topological polar surface area (TPSA) is 46.5 Å². The molecular formula is C19H22O3. The molecule has 1 aromatic carbocycles. The zero-order chi connectivity index (χ0) is 15.3. The maximum Gasteiger partial charge on any atom is 0.150 e. The number of methoxy groups -OCH3 is 1. The van der Waals surface area contributed by atoms with Gasteiger partial charge in [-0.05, 0) is 79.5 Å². The summed E-state index contributed by atoms with van der Waals surface area (Å²) >= 11 is 0. The molecule has 3 bridgehead atoms.